The molecule has 190 valence electrons. The first-order valence-corrected chi connectivity index (χ1v) is 12.4. The fourth-order valence-corrected chi connectivity index (χ4v) is 4.53. The van der Waals surface area contributed by atoms with Crippen molar-refractivity contribution >= 4 is 23.3 Å². The van der Waals surface area contributed by atoms with Gasteiger partial charge in [-0.15, -0.1) is 0 Å². The molecule has 3 aromatic carbocycles. The number of anilines is 4. The Bertz CT molecular complexity index is 1360. The van der Waals surface area contributed by atoms with Crippen molar-refractivity contribution in [3.63, 3.8) is 0 Å². The quantitative estimate of drug-likeness (QED) is 0.391. The summed E-state index contributed by atoms with van der Waals surface area (Å²) in [6, 6.07) is 24.8. The summed E-state index contributed by atoms with van der Waals surface area (Å²) in [6.07, 6.45) is 0. The first kappa shape index (κ1) is 24.4. The number of ether oxygens (including phenoxy) is 1. The summed E-state index contributed by atoms with van der Waals surface area (Å²) in [5.74, 6) is 2.27. The van der Waals surface area contributed by atoms with E-state index in [2.05, 4.69) is 14.8 Å². The van der Waals surface area contributed by atoms with Crippen LogP contribution in [-0.2, 0) is 6.61 Å². The number of aromatic nitrogens is 2. The van der Waals surface area contributed by atoms with Crippen molar-refractivity contribution in [2.75, 3.05) is 60.7 Å². The van der Waals surface area contributed by atoms with Gasteiger partial charge in [-0.05, 0) is 35.4 Å². The number of piperazine rings is 1. The van der Waals surface area contributed by atoms with Gasteiger partial charge in [-0.2, -0.15) is 9.97 Å². The van der Waals surface area contributed by atoms with E-state index in [9.17, 15) is 4.39 Å². The summed E-state index contributed by atoms with van der Waals surface area (Å²) >= 11 is 0. The third-order valence-electron chi connectivity index (χ3n) is 6.46. The molecule has 7 nitrogen and oxygen atoms in total. The van der Waals surface area contributed by atoms with E-state index in [1.807, 2.05) is 85.7 Å². The molecule has 37 heavy (non-hydrogen) atoms. The van der Waals surface area contributed by atoms with Gasteiger partial charge in [0, 0.05) is 40.3 Å². The zero-order valence-electron chi connectivity index (χ0n) is 21.1. The molecule has 1 saturated heterocycles. The van der Waals surface area contributed by atoms with Gasteiger partial charge in [0.05, 0.1) is 11.3 Å². The van der Waals surface area contributed by atoms with Crippen LogP contribution in [0.3, 0.4) is 0 Å². The molecule has 0 amide bonds. The highest BCUT2D eigenvalue weighted by atomic mass is 19.1. The maximum Gasteiger partial charge on any atom is 0.229 e. The van der Waals surface area contributed by atoms with Gasteiger partial charge < -0.3 is 25.2 Å². The van der Waals surface area contributed by atoms with E-state index in [0.717, 1.165) is 28.3 Å². The molecular weight excluding hydrogens is 467 g/mol. The molecule has 1 fully saturated rings. The second-order valence-electron chi connectivity index (χ2n) is 9.23. The first-order valence-electron chi connectivity index (χ1n) is 12.4. The molecule has 0 radical (unpaired) electrons. The Morgan fingerprint density at radius 3 is 2.30 bits per heavy atom. The molecule has 0 unspecified atom stereocenters. The van der Waals surface area contributed by atoms with Gasteiger partial charge in [0.25, 0.3) is 0 Å². The number of halogens is 1. The van der Waals surface area contributed by atoms with Gasteiger partial charge in [0.15, 0.2) is 0 Å². The van der Waals surface area contributed by atoms with Crippen LogP contribution in [0.5, 0.6) is 5.75 Å². The Morgan fingerprint density at radius 1 is 0.865 bits per heavy atom. The van der Waals surface area contributed by atoms with Gasteiger partial charge in [-0.1, -0.05) is 54.6 Å². The molecule has 1 aliphatic heterocycles. The second kappa shape index (κ2) is 10.7. The molecule has 2 N–H and O–H groups in total. The van der Waals surface area contributed by atoms with Crippen molar-refractivity contribution in [3.8, 4) is 16.9 Å². The summed E-state index contributed by atoms with van der Waals surface area (Å²) in [5.41, 5.74) is 9.93. The number of hydrogen-bond donors (Lipinski definition) is 1. The molecule has 8 heteroatoms. The second-order valence-corrected chi connectivity index (χ2v) is 9.23. The van der Waals surface area contributed by atoms with Crippen LogP contribution in [-0.4, -0.2) is 50.2 Å². The summed E-state index contributed by atoms with van der Waals surface area (Å²) in [4.78, 5) is 15.7. The van der Waals surface area contributed by atoms with E-state index >= 15 is 0 Å². The normalized spacial score (nSPS) is 13.5. The highest BCUT2D eigenvalue weighted by Gasteiger charge is 2.24. The summed E-state index contributed by atoms with van der Waals surface area (Å²) in [7, 11) is 3.89. The smallest absolute Gasteiger partial charge is 0.229 e. The molecule has 1 aromatic heterocycles. The van der Waals surface area contributed by atoms with Crippen LogP contribution in [0.2, 0.25) is 0 Å². The maximum absolute atomic E-state index is 14.2. The van der Waals surface area contributed by atoms with Crippen molar-refractivity contribution in [2.24, 2.45) is 0 Å². The van der Waals surface area contributed by atoms with Gasteiger partial charge in [0.2, 0.25) is 5.95 Å². The van der Waals surface area contributed by atoms with Gasteiger partial charge in [-0.3, -0.25) is 0 Å². The zero-order valence-corrected chi connectivity index (χ0v) is 21.1. The lowest BCUT2D eigenvalue weighted by Crippen LogP contribution is -2.47. The highest BCUT2D eigenvalue weighted by molar-refractivity contribution is 5.85. The molecule has 0 atom stereocenters. The maximum atomic E-state index is 14.2. The number of nitrogens with zero attached hydrogens (tertiary/aromatic N) is 5. The van der Waals surface area contributed by atoms with E-state index in [4.69, 9.17) is 15.5 Å². The fraction of sp³-hybridized carbons (Fsp3) is 0.241. The average molecular weight is 499 g/mol. The summed E-state index contributed by atoms with van der Waals surface area (Å²) in [6.45, 7) is 3.16. The first-order chi connectivity index (χ1) is 18.0. The lowest BCUT2D eigenvalue weighted by molar-refractivity contribution is 0.306. The van der Waals surface area contributed by atoms with Crippen LogP contribution in [0.15, 0.2) is 78.9 Å². The minimum Gasteiger partial charge on any atom is -0.489 e. The third-order valence-corrected chi connectivity index (χ3v) is 6.46. The number of nitrogens with two attached hydrogens (primary N) is 1. The Morgan fingerprint density at radius 2 is 1.57 bits per heavy atom. The van der Waals surface area contributed by atoms with Gasteiger partial charge in [-0.25, -0.2) is 4.39 Å². The minimum absolute atomic E-state index is 0.203. The molecule has 0 spiro atoms. The SMILES string of the molecule is CN(C)c1nc(N2CCN(c3ccccc3F)CC2)nc(N)c1-c1cccc(OCc2ccccc2)c1. The number of nitrogen functional groups attached to an aromatic ring is 1. The Labute approximate surface area is 216 Å². The lowest BCUT2D eigenvalue weighted by atomic mass is 10.1. The van der Waals surface area contributed by atoms with Crippen LogP contribution in [0.1, 0.15) is 5.56 Å². The van der Waals surface area contributed by atoms with E-state index in [-0.39, 0.29) is 5.82 Å². The van der Waals surface area contributed by atoms with Crippen LogP contribution >= 0.6 is 0 Å². The molecule has 4 aromatic rings. The van der Waals surface area contributed by atoms with Crippen LogP contribution in [0.25, 0.3) is 11.1 Å². The highest BCUT2D eigenvalue weighted by Crippen LogP contribution is 2.36. The van der Waals surface area contributed by atoms with Gasteiger partial charge >= 0.3 is 0 Å². The molecule has 1 aliphatic rings. The number of rotatable bonds is 7. The van der Waals surface area contributed by atoms with Crippen LogP contribution in [0.4, 0.5) is 27.7 Å². The Balaban J connectivity index is 1.36. The largest absolute Gasteiger partial charge is 0.489 e. The molecule has 0 saturated carbocycles. The van der Waals surface area contributed by atoms with Crippen molar-refractivity contribution in [2.45, 2.75) is 6.61 Å². The van der Waals surface area contributed by atoms with Crippen molar-refractivity contribution < 1.29 is 9.13 Å². The molecule has 5 rings (SSSR count). The topological polar surface area (TPSA) is 70.8 Å². The van der Waals surface area contributed by atoms with Crippen molar-refractivity contribution in [1.29, 1.82) is 0 Å². The lowest BCUT2D eigenvalue weighted by Gasteiger charge is -2.36. The fourth-order valence-electron chi connectivity index (χ4n) is 4.53. The summed E-state index contributed by atoms with van der Waals surface area (Å²) < 4.78 is 20.3. The van der Waals surface area contributed by atoms with Gasteiger partial charge in [0.1, 0.15) is 29.8 Å². The number of para-hydroxylation sites is 1. The van der Waals surface area contributed by atoms with Crippen molar-refractivity contribution in [1.82, 2.24) is 9.97 Å². The predicted octanol–water partition coefficient (Wildman–Crippen LogP) is 4.84. The van der Waals surface area contributed by atoms with E-state index in [1.165, 1.54) is 6.07 Å². The minimum atomic E-state index is -0.203. The number of hydrogen-bond acceptors (Lipinski definition) is 7. The molecular formula is C29H31FN6O. The predicted molar refractivity (Wildman–Crippen MR) is 148 cm³/mol. The van der Waals surface area contributed by atoms with E-state index < -0.39 is 0 Å². The standard InChI is InChI=1S/C29H31FN6O/c1-34(2)28-26(22-11-8-12-23(19-22)37-20-21-9-4-3-5-10-21)27(31)32-29(33-28)36-17-15-35(16-18-36)25-14-7-6-13-24(25)30/h3-14,19H,15-18,20H2,1-2H3,(H2,31,32,33). The average Bonchev–Trinajstić information content (AvgIpc) is 2.92. The molecule has 0 aliphatic carbocycles. The van der Waals surface area contributed by atoms with Crippen LogP contribution < -0.4 is 25.2 Å². The van der Waals surface area contributed by atoms with E-state index in [1.54, 1.807) is 6.07 Å². The van der Waals surface area contributed by atoms with Crippen molar-refractivity contribution in [3.05, 3.63) is 90.2 Å². The zero-order chi connectivity index (χ0) is 25.8. The third kappa shape index (κ3) is 5.43. The number of benzene rings is 3. The monoisotopic (exact) mass is 498 g/mol. The Kier molecular flexibility index (Phi) is 7.07. The van der Waals surface area contributed by atoms with E-state index in [0.29, 0.717) is 50.2 Å². The Hall–Kier alpha value is -4.33. The molecule has 0 bridgehead atoms. The summed E-state index contributed by atoms with van der Waals surface area (Å²) in [5, 5.41) is 0. The van der Waals surface area contributed by atoms with Crippen LogP contribution in [0, 0.1) is 5.82 Å². The molecule has 2 heterocycles.